The summed E-state index contributed by atoms with van der Waals surface area (Å²) in [5.74, 6) is 0. The Kier molecular flexibility index (Phi) is 1.80. The van der Waals surface area contributed by atoms with E-state index in [0.29, 0.717) is 0 Å². The lowest BCUT2D eigenvalue weighted by atomic mass is 9.78. The third-order valence-corrected chi connectivity index (χ3v) is 2.66. The van der Waals surface area contributed by atoms with Crippen molar-refractivity contribution in [1.29, 1.82) is 0 Å². The van der Waals surface area contributed by atoms with Gasteiger partial charge >= 0.3 is 0 Å². The molecule has 0 aromatic carbocycles. The van der Waals surface area contributed by atoms with Gasteiger partial charge in [0.15, 0.2) is 0 Å². The van der Waals surface area contributed by atoms with Crippen LogP contribution in [0.3, 0.4) is 0 Å². The molecule has 2 aliphatic rings. The summed E-state index contributed by atoms with van der Waals surface area (Å²) in [5.41, 5.74) is 2.66. The van der Waals surface area contributed by atoms with Gasteiger partial charge in [-0.1, -0.05) is 38.2 Å². The van der Waals surface area contributed by atoms with Crippen LogP contribution in [0.4, 0.5) is 0 Å². The predicted octanol–water partition coefficient (Wildman–Crippen LogP) is 3.03. The zero-order chi connectivity index (χ0) is 9.31. The highest BCUT2D eigenvalue weighted by Crippen LogP contribution is 2.37. The quantitative estimate of drug-likeness (QED) is 0.531. The monoisotopic (exact) mass is 171 g/mol. The fraction of sp³-hybridized carbons (Fsp3) is 0.250. The molecule has 0 aromatic heterocycles. The Hall–Kier alpha value is -1.37. The van der Waals surface area contributed by atoms with Crippen LogP contribution in [0.5, 0.6) is 0 Å². The van der Waals surface area contributed by atoms with Crippen LogP contribution in [0.1, 0.15) is 13.8 Å². The van der Waals surface area contributed by atoms with E-state index in [1.807, 2.05) is 12.4 Å². The summed E-state index contributed by atoms with van der Waals surface area (Å²) in [4.78, 5) is 4.20. The van der Waals surface area contributed by atoms with Gasteiger partial charge in [-0.2, -0.15) is 0 Å². The molecule has 0 spiro atoms. The lowest BCUT2D eigenvalue weighted by Crippen LogP contribution is -2.16. The fourth-order valence-electron chi connectivity index (χ4n) is 1.62. The lowest BCUT2D eigenvalue weighted by molar-refractivity contribution is 0.579. The first-order chi connectivity index (χ1) is 6.21. The Morgan fingerprint density at radius 2 is 1.77 bits per heavy atom. The summed E-state index contributed by atoms with van der Waals surface area (Å²) >= 11 is 0. The summed E-state index contributed by atoms with van der Waals surface area (Å²) in [5, 5.41) is 0. The first-order valence-corrected chi connectivity index (χ1v) is 4.50. The Balaban J connectivity index is 2.63. The molecule has 0 N–H and O–H groups in total. The van der Waals surface area contributed by atoms with E-state index in [1.165, 1.54) is 11.1 Å². The summed E-state index contributed by atoms with van der Waals surface area (Å²) in [6.45, 7) is 4.44. The molecule has 2 rings (SSSR count). The Morgan fingerprint density at radius 1 is 1.08 bits per heavy atom. The number of allylic oxidation sites excluding steroid dienone is 7. The van der Waals surface area contributed by atoms with Crippen molar-refractivity contribution in [1.82, 2.24) is 0 Å². The molecular formula is C12H13N. The second-order valence-corrected chi connectivity index (χ2v) is 3.85. The molecule has 2 bridgehead atoms. The number of fused-ring (bicyclic) bond motifs is 2. The Labute approximate surface area is 78.9 Å². The molecule has 0 atom stereocenters. The topological polar surface area (TPSA) is 12.4 Å². The number of rotatable bonds is 0. The molecule has 0 saturated heterocycles. The van der Waals surface area contributed by atoms with Crippen molar-refractivity contribution in [2.75, 3.05) is 0 Å². The molecule has 66 valence electrons. The zero-order valence-electron chi connectivity index (χ0n) is 7.99. The standard InChI is InChI=1S/C12H13N/c1-12(2)10-5-3-4-6-11(12)9-13-8-7-10/h3-9H,1-2H3. The molecule has 0 fully saturated rings. The number of nitrogens with zero attached hydrogens (tertiary/aromatic N) is 1. The summed E-state index contributed by atoms with van der Waals surface area (Å²) in [6.07, 6.45) is 14.3. The van der Waals surface area contributed by atoms with Crippen LogP contribution in [-0.2, 0) is 0 Å². The Bertz CT molecular complexity index is 329. The molecule has 1 aliphatic heterocycles. The van der Waals surface area contributed by atoms with Gasteiger partial charge in [-0.25, -0.2) is 0 Å². The highest BCUT2D eigenvalue weighted by Gasteiger charge is 2.26. The van der Waals surface area contributed by atoms with E-state index >= 15 is 0 Å². The van der Waals surface area contributed by atoms with Gasteiger partial charge in [0.05, 0.1) is 0 Å². The largest absolute Gasteiger partial charge is 0.264 e. The summed E-state index contributed by atoms with van der Waals surface area (Å²) in [6, 6.07) is 0. The van der Waals surface area contributed by atoms with Crippen LogP contribution < -0.4 is 0 Å². The van der Waals surface area contributed by atoms with Gasteiger partial charge in [0.25, 0.3) is 0 Å². The van der Waals surface area contributed by atoms with Gasteiger partial charge in [0, 0.05) is 17.8 Å². The van der Waals surface area contributed by atoms with Crippen LogP contribution in [0.25, 0.3) is 0 Å². The third-order valence-electron chi connectivity index (χ3n) is 2.66. The van der Waals surface area contributed by atoms with Crippen molar-refractivity contribution in [2.24, 2.45) is 10.4 Å². The van der Waals surface area contributed by atoms with Crippen molar-refractivity contribution in [3.05, 3.63) is 47.7 Å². The van der Waals surface area contributed by atoms with E-state index in [9.17, 15) is 0 Å². The molecule has 1 heterocycles. The number of hydrogen-bond acceptors (Lipinski definition) is 1. The van der Waals surface area contributed by atoms with E-state index in [2.05, 4.69) is 49.2 Å². The van der Waals surface area contributed by atoms with Crippen LogP contribution in [0.2, 0.25) is 0 Å². The first kappa shape index (κ1) is 8.24. The van der Waals surface area contributed by atoms with E-state index in [4.69, 9.17) is 0 Å². The van der Waals surface area contributed by atoms with Crippen LogP contribution in [0, 0.1) is 5.41 Å². The molecule has 0 radical (unpaired) electrons. The zero-order valence-corrected chi connectivity index (χ0v) is 7.99. The molecule has 0 saturated carbocycles. The second kappa shape index (κ2) is 2.84. The normalized spacial score (nSPS) is 23.2. The highest BCUT2D eigenvalue weighted by atomic mass is 14.7. The molecule has 0 aromatic rings. The minimum Gasteiger partial charge on any atom is -0.264 e. The van der Waals surface area contributed by atoms with Crippen molar-refractivity contribution in [3.63, 3.8) is 0 Å². The van der Waals surface area contributed by atoms with Gasteiger partial charge in [0.1, 0.15) is 0 Å². The molecule has 1 heteroatoms. The second-order valence-electron chi connectivity index (χ2n) is 3.85. The Morgan fingerprint density at radius 3 is 2.54 bits per heavy atom. The average Bonchev–Trinajstić information content (AvgIpc) is 2.32. The van der Waals surface area contributed by atoms with E-state index in [-0.39, 0.29) is 5.41 Å². The molecule has 0 amide bonds. The van der Waals surface area contributed by atoms with E-state index < -0.39 is 0 Å². The van der Waals surface area contributed by atoms with Gasteiger partial charge in [-0.3, -0.25) is 4.99 Å². The molecule has 0 unspecified atom stereocenters. The predicted molar refractivity (Wildman–Crippen MR) is 56.7 cm³/mol. The molecule has 13 heavy (non-hydrogen) atoms. The fourth-order valence-corrected chi connectivity index (χ4v) is 1.62. The van der Waals surface area contributed by atoms with Crippen molar-refractivity contribution in [3.8, 4) is 0 Å². The SMILES string of the molecule is CC1(C)C2=CC=CC=C1C=NC=C2. The summed E-state index contributed by atoms with van der Waals surface area (Å²) < 4.78 is 0. The maximum atomic E-state index is 4.20. The molecule has 1 aliphatic carbocycles. The maximum absolute atomic E-state index is 4.20. The highest BCUT2D eigenvalue weighted by molar-refractivity contribution is 5.84. The summed E-state index contributed by atoms with van der Waals surface area (Å²) in [7, 11) is 0. The van der Waals surface area contributed by atoms with Gasteiger partial charge in [-0.15, -0.1) is 0 Å². The van der Waals surface area contributed by atoms with Crippen LogP contribution >= 0.6 is 0 Å². The van der Waals surface area contributed by atoms with Crippen LogP contribution in [-0.4, -0.2) is 6.21 Å². The van der Waals surface area contributed by atoms with Crippen molar-refractivity contribution in [2.45, 2.75) is 13.8 Å². The minimum atomic E-state index is 0.0833. The first-order valence-electron chi connectivity index (χ1n) is 4.50. The van der Waals surface area contributed by atoms with Gasteiger partial charge < -0.3 is 0 Å². The van der Waals surface area contributed by atoms with E-state index in [0.717, 1.165) is 0 Å². The smallest absolute Gasteiger partial charge is 0.0308 e. The van der Waals surface area contributed by atoms with Crippen molar-refractivity contribution < 1.29 is 0 Å². The molecule has 1 nitrogen and oxygen atoms in total. The van der Waals surface area contributed by atoms with E-state index in [1.54, 1.807) is 0 Å². The van der Waals surface area contributed by atoms with Crippen molar-refractivity contribution >= 4 is 6.21 Å². The average molecular weight is 171 g/mol. The maximum Gasteiger partial charge on any atom is 0.0308 e. The van der Waals surface area contributed by atoms with Gasteiger partial charge in [0.2, 0.25) is 0 Å². The van der Waals surface area contributed by atoms with Crippen LogP contribution in [0.15, 0.2) is 52.7 Å². The van der Waals surface area contributed by atoms with Gasteiger partial charge in [-0.05, 0) is 17.2 Å². The number of hydrogen-bond donors (Lipinski definition) is 0. The third kappa shape index (κ3) is 1.31. The minimum absolute atomic E-state index is 0.0833. The number of aliphatic imine (C=N–C) groups is 1. The molecular weight excluding hydrogens is 158 g/mol. The lowest BCUT2D eigenvalue weighted by Gasteiger charge is -2.25.